The van der Waals surface area contributed by atoms with Crippen molar-refractivity contribution in [2.24, 2.45) is 0 Å². The van der Waals surface area contributed by atoms with Crippen molar-refractivity contribution >= 4 is 15.9 Å². The number of hydrogen-bond donors (Lipinski definition) is 1. The van der Waals surface area contributed by atoms with E-state index in [9.17, 15) is 18.3 Å². The lowest BCUT2D eigenvalue weighted by Crippen LogP contribution is -2.63. The van der Waals surface area contributed by atoms with Crippen LogP contribution in [-0.2, 0) is 16.4 Å². The van der Waals surface area contributed by atoms with Crippen LogP contribution in [0.15, 0.2) is 10.6 Å². The highest BCUT2D eigenvalue weighted by molar-refractivity contribution is 7.88. The van der Waals surface area contributed by atoms with Crippen LogP contribution >= 0.6 is 0 Å². The highest BCUT2D eigenvalue weighted by atomic mass is 32.2. The molecule has 9 heteroatoms. The maximum Gasteiger partial charge on any atom is 0.292 e. The van der Waals surface area contributed by atoms with Gasteiger partial charge in [-0.3, -0.25) is 4.79 Å². The molecule has 0 bridgehead atoms. The van der Waals surface area contributed by atoms with Gasteiger partial charge in [-0.15, -0.1) is 0 Å². The predicted octanol–water partition coefficient (Wildman–Crippen LogP) is 0.238. The van der Waals surface area contributed by atoms with Gasteiger partial charge in [0.2, 0.25) is 15.8 Å². The molecule has 0 radical (unpaired) electrons. The maximum atomic E-state index is 12.5. The second kappa shape index (κ2) is 6.12. The van der Waals surface area contributed by atoms with Gasteiger partial charge in [0.25, 0.3) is 5.91 Å². The summed E-state index contributed by atoms with van der Waals surface area (Å²) in [5.41, 5.74) is -0.0909. The van der Waals surface area contributed by atoms with Gasteiger partial charge >= 0.3 is 0 Å². The zero-order chi connectivity index (χ0) is 17.5. The summed E-state index contributed by atoms with van der Waals surface area (Å²) in [6.07, 6.45) is 2.69. The summed E-state index contributed by atoms with van der Waals surface area (Å²) in [4.78, 5) is 14.0. The van der Waals surface area contributed by atoms with Crippen LogP contribution in [0.1, 0.15) is 42.4 Å². The average Bonchev–Trinajstić information content (AvgIpc) is 3.16. The van der Waals surface area contributed by atoms with Crippen molar-refractivity contribution in [3.8, 4) is 0 Å². The third kappa shape index (κ3) is 2.84. The minimum absolute atomic E-state index is 0.0903. The van der Waals surface area contributed by atoms with Crippen molar-refractivity contribution in [1.82, 2.24) is 14.4 Å². The molecule has 0 unspecified atom stereocenters. The molecular formula is C15H23N3O5S. The molecule has 1 N–H and O–H groups in total. The Bertz CT molecular complexity index is 731. The highest BCUT2D eigenvalue weighted by Gasteiger charge is 2.53. The van der Waals surface area contributed by atoms with Crippen LogP contribution in [0.3, 0.4) is 0 Å². The van der Waals surface area contributed by atoms with Gasteiger partial charge in [-0.2, -0.15) is 4.31 Å². The molecule has 0 aromatic carbocycles. The number of piperidine rings is 1. The lowest BCUT2D eigenvalue weighted by atomic mass is 9.83. The lowest BCUT2D eigenvalue weighted by molar-refractivity contribution is -0.0301. The summed E-state index contributed by atoms with van der Waals surface area (Å²) in [5.74, 6) is -0.165. The number of sulfonamides is 1. The first-order chi connectivity index (χ1) is 11.3. The topological polar surface area (TPSA) is 104 Å². The first-order valence-corrected chi connectivity index (χ1v) is 10.0. The monoisotopic (exact) mass is 357 g/mol. The lowest BCUT2D eigenvalue weighted by Gasteiger charge is -2.47. The van der Waals surface area contributed by atoms with E-state index in [2.05, 4.69) is 5.16 Å². The standard InChI is InChI=1S/C15H23N3O5S/c1-3-11-9-12(23-16-11)14(20)17-8-6-15(13(19)10-17)5-4-7-18(15)24(2,21)22/h9,13,19H,3-8,10H2,1-2H3/t13-,15-/m0/s1. The Morgan fingerprint density at radius 2 is 2.21 bits per heavy atom. The fourth-order valence-electron chi connectivity index (χ4n) is 3.84. The first-order valence-electron chi connectivity index (χ1n) is 8.18. The average molecular weight is 357 g/mol. The van der Waals surface area contributed by atoms with E-state index in [4.69, 9.17) is 4.52 Å². The zero-order valence-corrected chi connectivity index (χ0v) is 14.8. The van der Waals surface area contributed by atoms with Gasteiger partial charge in [-0.1, -0.05) is 12.1 Å². The van der Waals surface area contributed by atoms with Gasteiger partial charge in [-0.05, 0) is 25.7 Å². The van der Waals surface area contributed by atoms with Crippen LogP contribution < -0.4 is 0 Å². The van der Waals surface area contributed by atoms with Crippen molar-refractivity contribution < 1.29 is 22.8 Å². The van der Waals surface area contributed by atoms with E-state index in [1.54, 1.807) is 6.07 Å². The van der Waals surface area contributed by atoms with Gasteiger partial charge in [0.1, 0.15) is 0 Å². The van der Waals surface area contributed by atoms with Gasteiger partial charge in [0, 0.05) is 25.7 Å². The smallest absolute Gasteiger partial charge is 0.292 e. The maximum absolute atomic E-state index is 12.5. The number of nitrogens with zero attached hydrogens (tertiary/aromatic N) is 3. The number of carbonyl (C=O) groups is 1. The summed E-state index contributed by atoms with van der Waals surface area (Å²) in [5, 5.41) is 14.5. The number of β-amino-alcohol motifs (C(OH)–C–C–N with tert-alkyl or cyclic N) is 1. The van der Waals surface area contributed by atoms with E-state index in [0.717, 1.165) is 6.42 Å². The molecule has 3 heterocycles. The molecular weight excluding hydrogens is 334 g/mol. The van der Waals surface area contributed by atoms with Crippen molar-refractivity contribution in [1.29, 1.82) is 0 Å². The van der Waals surface area contributed by atoms with Crippen LogP contribution in [0.4, 0.5) is 0 Å². The van der Waals surface area contributed by atoms with Gasteiger partial charge in [0.15, 0.2) is 0 Å². The Labute approximate surface area is 141 Å². The summed E-state index contributed by atoms with van der Waals surface area (Å²) >= 11 is 0. The number of aryl methyl sites for hydroxylation is 1. The molecule has 1 spiro atoms. The molecule has 2 aliphatic rings. The summed E-state index contributed by atoms with van der Waals surface area (Å²) in [6.45, 7) is 2.81. The third-order valence-corrected chi connectivity index (χ3v) is 6.46. The molecule has 0 aliphatic carbocycles. The van der Waals surface area contributed by atoms with Crippen LogP contribution in [0, 0.1) is 0 Å². The Morgan fingerprint density at radius 3 is 2.79 bits per heavy atom. The van der Waals surface area contributed by atoms with E-state index in [0.29, 0.717) is 38.0 Å². The number of hydrogen-bond acceptors (Lipinski definition) is 6. The quantitative estimate of drug-likeness (QED) is 0.831. The van der Waals surface area contributed by atoms with Gasteiger partial charge in [0.05, 0.1) is 23.6 Å². The minimum Gasteiger partial charge on any atom is -0.389 e. The molecule has 1 amide bonds. The Kier molecular flexibility index (Phi) is 4.43. The minimum atomic E-state index is -3.39. The second-order valence-corrected chi connectivity index (χ2v) is 8.50. The fourth-order valence-corrected chi connectivity index (χ4v) is 5.26. The van der Waals surface area contributed by atoms with Crippen molar-refractivity contribution in [2.45, 2.75) is 44.2 Å². The molecule has 2 fully saturated rings. The van der Waals surface area contributed by atoms with Gasteiger partial charge < -0.3 is 14.5 Å². The van der Waals surface area contributed by atoms with Crippen molar-refractivity contribution in [3.63, 3.8) is 0 Å². The predicted molar refractivity (Wildman–Crippen MR) is 85.9 cm³/mol. The van der Waals surface area contributed by atoms with Crippen LogP contribution in [0.5, 0.6) is 0 Å². The fraction of sp³-hybridized carbons (Fsp3) is 0.733. The van der Waals surface area contributed by atoms with Crippen molar-refractivity contribution in [3.05, 3.63) is 17.5 Å². The van der Waals surface area contributed by atoms with Crippen LogP contribution in [0.25, 0.3) is 0 Å². The van der Waals surface area contributed by atoms with E-state index in [1.165, 1.54) is 15.5 Å². The second-order valence-electron chi connectivity index (χ2n) is 6.60. The van der Waals surface area contributed by atoms with Crippen molar-refractivity contribution in [2.75, 3.05) is 25.9 Å². The summed E-state index contributed by atoms with van der Waals surface area (Å²) in [6, 6.07) is 1.61. The molecule has 2 atom stereocenters. The van der Waals surface area contributed by atoms with Crippen LogP contribution in [-0.4, -0.2) is 71.3 Å². The number of aromatic nitrogens is 1. The molecule has 24 heavy (non-hydrogen) atoms. The van der Waals surface area contributed by atoms with E-state index < -0.39 is 21.7 Å². The Hall–Kier alpha value is -1.45. The summed E-state index contributed by atoms with van der Waals surface area (Å²) in [7, 11) is -3.39. The Balaban J connectivity index is 1.76. The SMILES string of the molecule is CCc1cc(C(=O)N2CC[C@@]3(CCCN3S(C)(=O)=O)[C@@H](O)C2)on1. The Morgan fingerprint density at radius 1 is 1.46 bits per heavy atom. The molecule has 8 nitrogen and oxygen atoms in total. The molecule has 2 aliphatic heterocycles. The normalized spacial score (nSPS) is 28.6. The van der Waals surface area contributed by atoms with E-state index in [-0.39, 0.29) is 18.2 Å². The summed E-state index contributed by atoms with van der Waals surface area (Å²) < 4.78 is 30.6. The first kappa shape index (κ1) is 17.4. The zero-order valence-electron chi connectivity index (χ0n) is 13.9. The molecule has 1 aromatic heterocycles. The van der Waals surface area contributed by atoms with E-state index in [1.807, 2.05) is 6.92 Å². The van der Waals surface area contributed by atoms with Gasteiger partial charge in [-0.25, -0.2) is 8.42 Å². The number of aliphatic hydroxyl groups excluding tert-OH is 1. The molecule has 134 valence electrons. The third-order valence-electron chi connectivity index (χ3n) is 5.12. The highest BCUT2D eigenvalue weighted by Crippen LogP contribution is 2.40. The van der Waals surface area contributed by atoms with E-state index >= 15 is 0 Å². The number of aliphatic hydroxyl groups is 1. The number of likely N-dealkylation sites (tertiary alicyclic amines) is 1. The number of carbonyl (C=O) groups excluding carboxylic acids is 1. The molecule has 3 rings (SSSR count). The molecule has 1 aromatic rings. The molecule has 0 saturated carbocycles. The van der Waals surface area contributed by atoms with Crippen LogP contribution in [0.2, 0.25) is 0 Å². The largest absolute Gasteiger partial charge is 0.389 e. The number of amides is 1. The number of rotatable bonds is 3. The molecule has 2 saturated heterocycles.